The summed E-state index contributed by atoms with van der Waals surface area (Å²) in [5.74, 6) is -0.0695. The van der Waals surface area contributed by atoms with E-state index in [1.54, 1.807) is 4.90 Å². The molecule has 1 aromatic carbocycles. The van der Waals surface area contributed by atoms with E-state index < -0.39 is 0 Å². The Morgan fingerprint density at radius 1 is 1.14 bits per heavy atom. The maximum atomic E-state index is 12.9. The number of para-hydroxylation sites is 1. The molecule has 3 aromatic rings. The first-order valence-corrected chi connectivity index (χ1v) is 7.44. The number of nitrogens with zero attached hydrogens (tertiary/aromatic N) is 3. The van der Waals surface area contributed by atoms with Crippen LogP contribution in [0.2, 0.25) is 0 Å². The van der Waals surface area contributed by atoms with Gasteiger partial charge in [-0.05, 0) is 44.5 Å². The Balaban J connectivity index is 2.03. The number of fused-ring (bicyclic) bond motifs is 1. The van der Waals surface area contributed by atoms with E-state index in [1.165, 1.54) is 0 Å². The van der Waals surface area contributed by atoms with Crippen LogP contribution >= 0.6 is 0 Å². The second kappa shape index (κ2) is 5.64. The molecule has 22 heavy (non-hydrogen) atoms. The molecule has 112 valence electrons. The van der Waals surface area contributed by atoms with Crippen LogP contribution in [0, 0.1) is 13.8 Å². The highest BCUT2D eigenvalue weighted by molar-refractivity contribution is 6.05. The minimum atomic E-state index is -0.0695. The summed E-state index contributed by atoms with van der Waals surface area (Å²) in [6.07, 6.45) is 1.81. The summed E-state index contributed by atoms with van der Waals surface area (Å²) in [6.45, 7) is 6.60. The Morgan fingerprint density at radius 2 is 1.91 bits per heavy atom. The molecule has 0 aliphatic rings. The van der Waals surface area contributed by atoms with Crippen molar-refractivity contribution in [3.8, 4) is 0 Å². The number of anilines is 1. The van der Waals surface area contributed by atoms with Crippen molar-refractivity contribution in [3.05, 3.63) is 65.6 Å². The zero-order valence-corrected chi connectivity index (χ0v) is 13.1. The second-order valence-electron chi connectivity index (χ2n) is 5.36. The Kier molecular flexibility index (Phi) is 3.67. The van der Waals surface area contributed by atoms with Gasteiger partial charge < -0.3 is 9.30 Å². The topological polar surface area (TPSA) is 37.6 Å². The third-order valence-electron chi connectivity index (χ3n) is 3.88. The summed E-state index contributed by atoms with van der Waals surface area (Å²) in [7, 11) is 0. The largest absolute Gasteiger partial charge is 0.307 e. The van der Waals surface area contributed by atoms with E-state index in [9.17, 15) is 4.79 Å². The van der Waals surface area contributed by atoms with Gasteiger partial charge in [-0.25, -0.2) is 4.98 Å². The number of hydrogen-bond donors (Lipinski definition) is 0. The molecule has 0 bridgehead atoms. The summed E-state index contributed by atoms with van der Waals surface area (Å²) in [6, 6.07) is 13.8. The maximum Gasteiger partial charge on any atom is 0.278 e. The molecule has 0 radical (unpaired) electrons. The highest BCUT2D eigenvalue weighted by Crippen LogP contribution is 2.21. The average Bonchev–Trinajstić information content (AvgIpc) is 2.95. The zero-order chi connectivity index (χ0) is 15.7. The molecule has 2 aromatic heterocycles. The predicted octanol–water partition coefficient (Wildman–Crippen LogP) is 3.62. The fraction of sp³-hybridized carbons (Fsp3) is 0.222. The van der Waals surface area contributed by atoms with Crippen LogP contribution in [0.5, 0.6) is 0 Å². The van der Waals surface area contributed by atoms with Crippen LogP contribution in [-0.4, -0.2) is 21.8 Å². The van der Waals surface area contributed by atoms with E-state index in [-0.39, 0.29) is 5.91 Å². The highest BCUT2D eigenvalue weighted by atomic mass is 16.2. The number of hydrogen-bond acceptors (Lipinski definition) is 2. The van der Waals surface area contributed by atoms with Crippen LogP contribution in [0.4, 0.5) is 5.69 Å². The molecule has 0 spiro atoms. The van der Waals surface area contributed by atoms with Crippen molar-refractivity contribution < 1.29 is 4.79 Å². The molecule has 0 saturated heterocycles. The van der Waals surface area contributed by atoms with Gasteiger partial charge in [-0.2, -0.15) is 0 Å². The lowest BCUT2D eigenvalue weighted by molar-refractivity contribution is 0.0984. The number of amides is 1. The third-order valence-corrected chi connectivity index (χ3v) is 3.88. The molecule has 0 unspecified atom stereocenters. The van der Waals surface area contributed by atoms with Crippen molar-refractivity contribution in [2.45, 2.75) is 20.8 Å². The third kappa shape index (κ3) is 2.37. The van der Waals surface area contributed by atoms with E-state index in [0.29, 0.717) is 12.2 Å². The van der Waals surface area contributed by atoms with E-state index in [2.05, 4.69) is 4.98 Å². The monoisotopic (exact) mass is 293 g/mol. The van der Waals surface area contributed by atoms with Crippen molar-refractivity contribution >= 4 is 17.2 Å². The molecule has 3 rings (SSSR count). The second-order valence-corrected chi connectivity index (χ2v) is 5.36. The molecule has 4 heteroatoms. The minimum Gasteiger partial charge on any atom is -0.307 e. The van der Waals surface area contributed by atoms with E-state index >= 15 is 0 Å². The molecule has 0 atom stereocenters. The Bertz CT molecular complexity index is 835. The fourth-order valence-corrected chi connectivity index (χ4v) is 2.68. The Labute approximate surface area is 130 Å². The van der Waals surface area contributed by atoms with Crippen molar-refractivity contribution in [2.24, 2.45) is 0 Å². The first-order chi connectivity index (χ1) is 10.6. The Morgan fingerprint density at radius 3 is 2.59 bits per heavy atom. The predicted molar refractivity (Wildman–Crippen MR) is 88.5 cm³/mol. The van der Waals surface area contributed by atoms with E-state index in [1.807, 2.05) is 73.8 Å². The molecule has 0 aliphatic carbocycles. The van der Waals surface area contributed by atoms with Crippen LogP contribution in [0.15, 0.2) is 48.7 Å². The molecule has 0 saturated carbocycles. The fourth-order valence-electron chi connectivity index (χ4n) is 2.68. The van der Waals surface area contributed by atoms with Crippen LogP contribution in [0.3, 0.4) is 0 Å². The standard InChI is InChI=1S/C18H19N3O/c1-4-20(16-10-6-5-8-13(16)2)18(22)15-12-21-14(3)9-7-11-17(21)19-15/h5-12H,4H2,1-3H3. The number of aromatic nitrogens is 2. The van der Waals surface area contributed by atoms with E-state index in [0.717, 1.165) is 22.6 Å². The van der Waals surface area contributed by atoms with Crippen LogP contribution < -0.4 is 4.90 Å². The highest BCUT2D eigenvalue weighted by Gasteiger charge is 2.20. The lowest BCUT2D eigenvalue weighted by Gasteiger charge is -2.21. The van der Waals surface area contributed by atoms with Crippen molar-refractivity contribution in [3.63, 3.8) is 0 Å². The van der Waals surface area contributed by atoms with Gasteiger partial charge in [0.15, 0.2) is 0 Å². The van der Waals surface area contributed by atoms with Crippen LogP contribution in [-0.2, 0) is 0 Å². The van der Waals surface area contributed by atoms with Gasteiger partial charge in [0.1, 0.15) is 11.3 Å². The summed E-state index contributed by atoms with van der Waals surface area (Å²) in [4.78, 5) is 19.1. The average molecular weight is 293 g/mol. The number of imidazole rings is 1. The minimum absolute atomic E-state index is 0.0695. The van der Waals surface area contributed by atoms with Gasteiger partial charge in [-0.15, -0.1) is 0 Å². The molecule has 4 nitrogen and oxygen atoms in total. The smallest absolute Gasteiger partial charge is 0.278 e. The van der Waals surface area contributed by atoms with Gasteiger partial charge in [0.05, 0.1) is 0 Å². The normalized spacial score (nSPS) is 10.9. The van der Waals surface area contributed by atoms with Crippen molar-refractivity contribution in [1.82, 2.24) is 9.38 Å². The quantitative estimate of drug-likeness (QED) is 0.739. The first kappa shape index (κ1) is 14.3. The van der Waals surface area contributed by atoms with Crippen LogP contribution in [0.1, 0.15) is 28.7 Å². The number of aryl methyl sites for hydroxylation is 2. The molecule has 0 N–H and O–H groups in total. The maximum absolute atomic E-state index is 12.9. The zero-order valence-electron chi connectivity index (χ0n) is 13.1. The molecule has 1 amide bonds. The lowest BCUT2D eigenvalue weighted by Crippen LogP contribution is -2.31. The summed E-state index contributed by atoms with van der Waals surface area (Å²) in [5.41, 5.74) is 4.34. The molecular formula is C18H19N3O. The van der Waals surface area contributed by atoms with Gasteiger partial charge in [-0.1, -0.05) is 24.3 Å². The van der Waals surface area contributed by atoms with Gasteiger partial charge in [0.2, 0.25) is 0 Å². The molecule has 2 heterocycles. The number of carbonyl (C=O) groups is 1. The van der Waals surface area contributed by atoms with Crippen molar-refractivity contribution in [1.29, 1.82) is 0 Å². The SMILES string of the molecule is CCN(C(=O)c1cn2c(C)cccc2n1)c1ccccc1C. The Hall–Kier alpha value is -2.62. The van der Waals surface area contributed by atoms with Gasteiger partial charge in [0, 0.05) is 24.1 Å². The first-order valence-electron chi connectivity index (χ1n) is 7.44. The van der Waals surface area contributed by atoms with Crippen LogP contribution in [0.25, 0.3) is 5.65 Å². The number of carbonyl (C=O) groups excluding carboxylic acids is 1. The number of pyridine rings is 1. The summed E-state index contributed by atoms with van der Waals surface area (Å²) in [5, 5.41) is 0. The molecule has 0 aliphatic heterocycles. The summed E-state index contributed by atoms with van der Waals surface area (Å²) >= 11 is 0. The van der Waals surface area contributed by atoms with Gasteiger partial charge >= 0.3 is 0 Å². The molecule has 0 fully saturated rings. The summed E-state index contributed by atoms with van der Waals surface area (Å²) < 4.78 is 1.94. The molecular weight excluding hydrogens is 274 g/mol. The number of rotatable bonds is 3. The van der Waals surface area contributed by atoms with Crippen molar-refractivity contribution in [2.75, 3.05) is 11.4 Å². The van der Waals surface area contributed by atoms with Gasteiger partial charge in [0.25, 0.3) is 5.91 Å². The number of benzene rings is 1. The lowest BCUT2D eigenvalue weighted by atomic mass is 10.1. The van der Waals surface area contributed by atoms with E-state index in [4.69, 9.17) is 0 Å². The van der Waals surface area contributed by atoms with Gasteiger partial charge in [-0.3, -0.25) is 4.79 Å².